The Morgan fingerprint density at radius 3 is 2.65 bits per heavy atom. The summed E-state index contributed by atoms with van der Waals surface area (Å²) >= 11 is 0. The molecule has 0 aliphatic carbocycles. The lowest BCUT2D eigenvalue weighted by molar-refractivity contribution is -0.115. The van der Waals surface area contributed by atoms with E-state index in [-0.39, 0.29) is 18.1 Å². The Kier molecular flexibility index (Phi) is 3.35. The molecule has 86 valence electrons. The van der Waals surface area contributed by atoms with Crippen LogP contribution in [0.25, 0.3) is 0 Å². The van der Waals surface area contributed by atoms with Gasteiger partial charge in [0.05, 0.1) is 12.1 Å². The van der Waals surface area contributed by atoms with Crippen LogP contribution in [0, 0.1) is 0 Å². The average molecular weight is 228 g/mol. The van der Waals surface area contributed by atoms with Crippen LogP contribution >= 0.6 is 0 Å². The van der Waals surface area contributed by atoms with Gasteiger partial charge in [-0.1, -0.05) is 18.2 Å². The van der Waals surface area contributed by atoms with Crippen molar-refractivity contribution in [1.82, 2.24) is 4.98 Å². The van der Waals surface area contributed by atoms with Crippen LogP contribution < -0.4 is 5.32 Å². The summed E-state index contributed by atoms with van der Waals surface area (Å²) in [5.41, 5.74) is 1.11. The van der Waals surface area contributed by atoms with Gasteiger partial charge in [-0.3, -0.25) is 9.78 Å². The second-order valence-electron chi connectivity index (χ2n) is 3.56. The number of anilines is 1. The number of nitrogens with zero attached hydrogens (tertiary/aromatic N) is 1. The van der Waals surface area contributed by atoms with E-state index in [0.29, 0.717) is 11.4 Å². The van der Waals surface area contributed by atoms with Crippen molar-refractivity contribution in [2.24, 2.45) is 0 Å². The van der Waals surface area contributed by atoms with Crippen LogP contribution in [0.1, 0.15) is 5.69 Å². The number of hydrogen-bond acceptors (Lipinski definition) is 3. The molecule has 1 aromatic carbocycles. The second kappa shape index (κ2) is 5.12. The first-order chi connectivity index (χ1) is 8.25. The topological polar surface area (TPSA) is 62.2 Å². The predicted octanol–water partition coefficient (Wildman–Crippen LogP) is 1.97. The molecule has 0 atom stereocenters. The summed E-state index contributed by atoms with van der Waals surface area (Å²) < 4.78 is 0. The van der Waals surface area contributed by atoms with Gasteiger partial charge in [0.1, 0.15) is 5.75 Å². The summed E-state index contributed by atoms with van der Waals surface area (Å²) in [5, 5.41) is 12.1. The highest BCUT2D eigenvalue weighted by Crippen LogP contribution is 2.21. The number of rotatable bonds is 3. The Hall–Kier alpha value is -2.36. The summed E-state index contributed by atoms with van der Waals surface area (Å²) in [5.74, 6) is -0.146. The highest BCUT2D eigenvalue weighted by Gasteiger charge is 2.06. The van der Waals surface area contributed by atoms with Crippen molar-refractivity contribution in [2.75, 3.05) is 5.32 Å². The average Bonchev–Trinajstić information content (AvgIpc) is 2.33. The van der Waals surface area contributed by atoms with Crippen LogP contribution in [0.3, 0.4) is 0 Å². The molecule has 0 aliphatic rings. The Balaban J connectivity index is 2.01. The molecule has 0 fully saturated rings. The van der Waals surface area contributed by atoms with E-state index in [4.69, 9.17) is 0 Å². The minimum atomic E-state index is -0.204. The predicted molar refractivity (Wildman–Crippen MR) is 64.7 cm³/mol. The summed E-state index contributed by atoms with van der Waals surface area (Å²) in [4.78, 5) is 15.7. The lowest BCUT2D eigenvalue weighted by Gasteiger charge is -2.06. The van der Waals surface area contributed by atoms with E-state index in [1.807, 2.05) is 6.07 Å². The van der Waals surface area contributed by atoms with Crippen molar-refractivity contribution >= 4 is 11.6 Å². The van der Waals surface area contributed by atoms with Gasteiger partial charge in [0.2, 0.25) is 5.91 Å². The molecule has 1 amide bonds. The first kappa shape index (κ1) is 11.1. The summed E-state index contributed by atoms with van der Waals surface area (Å²) in [6.45, 7) is 0. The van der Waals surface area contributed by atoms with E-state index in [1.165, 1.54) is 6.07 Å². The monoisotopic (exact) mass is 228 g/mol. The number of phenols is 1. The van der Waals surface area contributed by atoms with E-state index >= 15 is 0 Å². The molecule has 0 radical (unpaired) electrons. The van der Waals surface area contributed by atoms with Gasteiger partial charge in [0, 0.05) is 11.9 Å². The zero-order chi connectivity index (χ0) is 12.1. The Morgan fingerprint density at radius 2 is 1.94 bits per heavy atom. The molecule has 2 N–H and O–H groups in total. The van der Waals surface area contributed by atoms with Gasteiger partial charge in [0.15, 0.2) is 0 Å². The van der Waals surface area contributed by atoms with E-state index in [2.05, 4.69) is 10.3 Å². The quantitative estimate of drug-likeness (QED) is 0.789. The number of benzene rings is 1. The van der Waals surface area contributed by atoms with Gasteiger partial charge in [0.25, 0.3) is 0 Å². The Labute approximate surface area is 98.9 Å². The third kappa shape index (κ3) is 3.04. The fourth-order valence-electron chi connectivity index (χ4n) is 1.44. The zero-order valence-electron chi connectivity index (χ0n) is 9.13. The molecule has 0 bridgehead atoms. The van der Waals surface area contributed by atoms with Crippen LogP contribution in [0.5, 0.6) is 5.75 Å². The number of hydrogen-bond donors (Lipinski definition) is 2. The van der Waals surface area contributed by atoms with E-state index in [1.54, 1.807) is 36.5 Å². The molecule has 0 unspecified atom stereocenters. The molecule has 17 heavy (non-hydrogen) atoms. The summed E-state index contributed by atoms with van der Waals surface area (Å²) in [7, 11) is 0. The number of pyridine rings is 1. The lowest BCUT2D eigenvalue weighted by atomic mass is 10.2. The number of carbonyl (C=O) groups is 1. The zero-order valence-corrected chi connectivity index (χ0v) is 9.13. The van der Waals surface area contributed by atoms with Crippen LogP contribution in [0.4, 0.5) is 5.69 Å². The smallest absolute Gasteiger partial charge is 0.230 e. The van der Waals surface area contributed by atoms with Crippen molar-refractivity contribution in [3.63, 3.8) is 0 Å². The molecule has 0 spiro atoms. The van der Waals surface area contributed by atoms with Crippen molar-refractivity contribution < 1.29 is 9.90 Å². The third-order valence-electron chi connectivity index (χ3n) is 2.25. The largest absolute Gasteiger partial charge is 0.506 e. The molecular weight excluding hydrogens is 216 g/mol. The normalized spacial score (nSPS) is 9.88. The minimum Gasteiger partial charge on any atom is -0.506 e. The fraction of sp³-hybridized carbons (Fsp3) is 0.0769. The Bertz CT molecular complexity index is 512. The van der Waals surface area contributed by atoms with Crippen LogP contribution in [-0.2, 0) is 11.2 Å². The molecule has 2 rings (SSSR count). The van der Waals surface area contributed by atoms with Gasteiger partial charge < -0.3 is 10.4 Å². The maximum atomic E-state index is 11.7. The van der Waals surface area contributed by atoms with Gasteiger partial charge in [-0.05, 0) is 24.3 Å². The van der Waals surface area contributed by atoms with Crippen LogP contribution in [0.2, 0.25) is 0 Å². The van der Waals surface area contributed by atoms with Crippen molar-refractivity contribution in [2.45, 2.75) is 6.42 Å². The molecule has 4 heteroatoms. The molecular formula is C13H12N2O2. The highest BCUT2D eigenvalue weighted by atomic mass is 16.3. The fourth-order valence-corrected chi connectivity index (χ4v) is 1.44. The first-order valence-electron chi connectivity index (χ1n) is 5.23. The third-order valence-corrected chi connectivity index (χ3v) is 2.25. The van der Waals surface area contributed by atoms with E-state index in [0.717, 1.165) is 0 Å². The molecule has 2 aromatic rings. The minimum absolute atomic E-state index is 0.0573. The maximum absolute atomic E-state index is 11.7. The summed E-state index contributed by atoms with van der Waals surface area (Å²) in [6.07, 6.45) is 1.83. The number of nitrogens with one attached hydrogen (secondary N) is 1. The van der Waals surface area contributed by atoms with Crippen molar-refractivity contribution in [1.29, 1.82) is 0 Å². The van der Waals surface area contributed by atoms with Crippen LogP contribution in [0.15, 0.2) is 48.7 Å². The number of aromatic nitrogens is 1. The van der Waals surface area contributed by atoms with E-state index in [9.17, 15) is 9.90 Å². The molecule has 0 saturated carbocycles. The maximum Gasteiger partial charge on any atom is 0.230 e. The molecule has 4 nitrogen and oxygen atoms in total. The number of aromatic hydroxyl groups is 1. The molecule has 1 aromatic heterocycles. The molecule has 0 saturated heterocycles. The van der Waals surface area contributed by atoms with E-state index < -0.39 is 0 Å². The number of para-hydroxylation sites is 2. The lowest BCUT2D eigenvalue weighted by Crippen LogP contribution is -2.15. The highest BCUT2D eigenvalue weighted by molar-refractivity contribution is 5.93. The number of amides is 1. The number of phenolic OH excluding ortho intramolecular Hbond substituents is 1. The SMILES string of the molecule is O=C(Cc1ccccn1)Nc1ccccc1O. The van der Waals surface area contributed by atoms with Gasteiger partial charge in [-0.2, -0.15) is 0 Å². The van der Waals surface area contributed by atoms with Gasteiger partial charge in [-0.15, -0.1) is 0 Å². The second-order valence-corrected chi connectivity index (χ2v) is 3.56. The van der Waals surface area contributed by atoms with Gasteiger partial charge in [-0.25, -0.2) is 0 Å². The molecule has 1 heterocycles. The van der Waals surface area contributed by atoms with Crippen LogP contribution in [-0.4, -0.2) is 16.0 Å². The van der Waals surface area contributed by atoms with Crippen molar-refractivity contribution in [3.05, 3.63) is 54.4 Å². The standard InChI is InChI=1S/C13H12N2O2/c16-12-7-2-1-6-11(12)15-13(17)9-10-5-3-4-8-14-10/h1-8,16H,9H2,(H,15,17). The van der Waals surface area contributed by atoms with Crippen molar-refractivity contribution in [3.8, 4) is 5.75 Å². The first-order valence-corrected chi connectivity index (χ1v) is 5.23. The summed E-state index contributed by atoms with van der Waals surface area (Å²) in [6, 6.07) is 12.0. The number of carbonyl (C=O) groups excluding carboxylic acids is 1. The van der Waals surface area contributed by atoms with Gasteiger partial charge >= 0.3 is 0 Å². The Morgan fingerprint density at radius 1 is 1.18 bits per heavy atom. The molecule has 0 aliphatic heterocycles.